The molecule has 0 saturated carbocycles. The highest BCUT2D eigenvalue weighted by atomic mass is 16.5. The lowest BCUT2D eigenvalue weighted by Crippen LogP contribution is -2.28. The van der Waals surface area contributed by atoms with Crippen molar-refractivity contribution < 1.29 is 23.8 Å². The van der Waals surface area contributed by atoms with Crippen LogP contribution in [0.25, 0.3) is 6.08 Å². The molecular weight excluding hydrogens is 346 g/mol. The molecule has 27 heavy (non-hydrogen) atoms. The van der Waals surface area contributed by atoms with Gasteiger partial charge >= 0.3 is 5.97 Å². The van der Waals surface area contributed by atoms with Crippen LogP contribution in [-0.4, -0.2) is 32.7 Å². The molecule has 6 nitrogen and oxygen atoms in total. The van der Waals surface area contributed by atoms with Crippen LogP contribution in [0.1, 0.15) is 29.3 Å². The van der Waals surface area contributed by atoms with Gasteiger partial charge in [0.15, 0.2) is 11.5 Å². The van der Waals surface area contributed by atoms with E-state index in [1.807, 2.05) is 13.0 Å². The summed E-state index contributed by atoms with van der Waals surface area (Å²) in [5, 5.41) is 2.63. The number of para-hydroxylation sites is 1. The molecule has 2 aromatic carbocycles. The molecule has 0 aromatic heterocycles. The zero-order chi connectivity index (χ0) is 19.6. The molecule has 6 heteroatoms. The van der Waals surface area contributed by atoms with Crippen LogP contribution in [0.4, 0.5) is 0 Å². The summed E-state index contributed by atoms with van der Waals surface area (Å²) in [5.41, 5.74) is 1.03. The average Bonchev–Trinajstić information content (AvgIpc) is 2.71. The predicted octanol–water partition coefficient (Wildman–Crippen LogP) is 3.43. The van der Waals surface area contributed by atoms with Gasteiger partial charge in [-0.25, -0.2) is 4.79 Å². The molecule has 0 aliphatic rings. The fourth-order valence-corrected chi connectivity index (χ4v) is 2.38. The van der Waals surface area contributed by atoms with Crippen LogP contribution < -0.4 is 14.8 Å². The third-order valence-corrected chi connectivity index (χ3v) is 3.67. The number of esters is 1. The number of benzene rings is 2. The van der Waals surface area contributed by atoms with E-state index in [9.17, 15) is 9.59 Å². The Morgan fingerprint density at radius 1 is 1.00 bits per heavy atom. The van der Waals surface area contributed by atoms with Gasteiger partial charge in [-0.15, -0.1) is 0 Å². The Bertz CT molecular complexity index is 815. The van der Waals surface area contributed by atoms with Crippen LogP contribution in [0.15, 0.2) is 54.2 Å². The van der Waals surface area contributed by atoms with E-state index < -0.39 is 11.9 Å². The molecule has 0 unspecified atom stereocenters. The fourth-order valence-electron chi connectivity index (χ4n) is 2.38. The quantitative estimate of drug-likeness (QED) is 0.570. The fraction of sp³-hybridized carbons (Fsp3) is 0.238. The second-order valence-electron chi connectivity index (χ2n) is 5.60. The SMILES string of the molecule is CCCOC(=O)/C(=C/c1cccc(OC)c1OC)NC(=O)c1ccccc1. The van der Waals surface area contributed by atoms with Crippen LogP contribution in [0.3, 0.4) is 0 Å². The Labute approximate surface area is 158 Å². The Kier molecular flexibility index (Phi) is 7.43. The molecule has 0 fully saturated rings. The van der Waals surface area contributed by atoms with Crippen molar-refractivity contribution in [2.45, 2.75) is 13.3 Å². The number of ether oxygens (including phenoxy) is 3. The highest BCUT2D eigenvalue weighted by Crippen LogP contribution is 2.32. The number of carbonyl (C=O) groups is 2. The average molecular weight is 369 g/mol. The summed E-state index contributed by atoms with van der Waals surface area (Å²) in [6.45, 7) is 2.15. The van der Waals surface area contributed by atoms with Gasteiger partial charge in [-0.05, 0) is 30.7 Å². The minimum atomic E-state index is -0.619. The van der Waals surface area contributed by atoms with Gasteiger partial charge in [0, 0.05) is 11.1 Å². The first-order valence-corrected chi connectivity index (χ1v) is 8.56. The molecule has 0 aliphatic heterocycles. The van der Waals surface area contributed by atoms with Crippen LogP contribution in [0.5, 0.6) is 11.5 Å². The topological polar surface area (TPSA) is 73.9 Å². The molecule has 1 N–H and O–H groups in total. The smallest absolute Gasteiger partial charge is 0.354 e. The minimum absolute atomic E-state index is 0.0175. The van der Waals surface area contributed by atoms with Crippen molar-refractivity contribution in [3.05, 3.63) is 65.4 Å². The molecule has 142 valence electrons. The predicted molar refractivity (Wildman–Crippen MR) is 103 cm³/mol. The van der Waals surface area contributed by atoms with Crippen molar-refractivity contribution in [2.75, 3.05) is 20.8 Å². The lowest BCUT2D eigenvalue weighted by Gasteiger charge is -2.13. The number of rotatable bonds is 8. The number of nitrogens with one attached hydrogen (secondary N) is 1. The summed E-state index contributed by atoms with van der Waals surface area (Å²) >= 11 is 0. The molecule has 0 radical (unpaired) electrons. The van der Waals surface area contributed by atoms with Crippen molar-refractivity contribution in [1.82, 2.24) is 5.32 Å². The van der Waals surface area contributed by atoms with Crippen LogP contribution in [0.2, 0.25) is 0 Å². The largest absolute Gasteiger partial charge is 0.493 e. The zero-order valence-corrected chi connectivity index (χ0v) is 15.7. The summed E-state index contributed by atoms with van der Waals surface area (Å²) in [7, 11) is 3.03. The van der Waals surface area contributed by atoms with Gasteiger partial charge in [-0.1, -0.05) is 37.3 Å². The number of methoxy groups -OCH3 is 2. The normalized spacial score (nSPS) is 10.9. The maximum absolute atomic E-state index is 12.5. The first-order chi connectivity index (χ1) is 13.1. The molecule has 2 rings (SSSR count). The number of hydrogen-bond donors (Lipinski definition) is 1. The number of carbonyl (C=O) groups excluding carboxylic acids is 2. The number of amides is 1. The Hall–Kier alpha value is -3.28. The van der Waals surface area contributed by atoms with E-state index in [0.717, 1.165) is 0 Å². The van der Waals surface area contributed by atoms with Crippen molar-refractivity contribution in [1.29, 1.82) is 0 Å². The minimum Gasteiger partial charge on any atom is -0.493 e. The van der Waals surface area contributed by atoms with E-state index in [-0.39, 0.29) is 12.3 Å². The molecule has 0 bridgehead atoms. The molecular formula is C21H23NO5. The van der Waals surface area contributed by atoms with E-state index in [4.69, 9.17) is 14.2 Å². The maximum Gasteiger partial charge on any atom is 0.354 e. The van der Waals surface area contributed by atoms with E-state index in [0.29, 0.717) is 29.0 Å². The van der Waals surface area contributed by atoms with Gasteiger partial charge in [0.05, 0.1) is 20.8 Å². The monoisotopic (exact) mass is 369 g/mol. The van der Waals surface area contributed by atoms with E-state index in [1.54, 1.807) is 42.5 Å². The molecule has 0 spiro atoms. The number of hydrogen-bond acceptors (Lipinski definition) is 5. The van der Waals surface area contributed by atoms with Gasteiger partial charge < -0.3 is 19.5 Å². The molecule has 0 aliphatic carbocycles. The van der Waals surface area contributed by atoms with Crippen LogP contribution >= 0.6 is 0 Å². The molecule has 1 amide bonds. The Morgan fingerprint density at radius 3 is 2.37 bits per heavy atom. The van der Waals surface area contributed by atoms with Crippen molar-refractivity contribution in [3.63, 3.8) is 0 Å². The van der Waals surface area contributed by atoms with Crippen molar-refractivity contribution in [3.8, 4) is 11.5 Å². The van der Waals surface area contributed by atoms with E-state index in [2.05, 4.69) is 5.32 Å². The summed E-state index contributed by atoms with van der Waals surface area (Å²) in [6, 6.07) is 13.9. The van der Waals surface area contributed by atoms with E-state index in [1.165, 1.54) is 20.3 Å². The van der Waals surface area contributed by atoms with Gasteiger partial charge in [0.1, 0.15) is 5.70 Å². The molecule has 2 aromatic rings. The van der Waals surface area contributed by atoms with Gasteiger partial charge in [0.2, 0.25) is 0 Å². The van der Waals surface area contributed by atoms with E-state index >= 15 is 0 Å². The first-order valence-electron chi connectivity index (χ1n) is 8.56. The Balaban J connectivity index is 2.39. The van der Waals surface area contributed by atoms with Gasteiger partial charge in [-0.2, -0.15) is 0 Å². The second-order valence-corrected chi connectivity index (χ2v) is 5.60. The van der Waals surface area contributed by atoms with Crippen molar-refractivity contribution in [2.24, 2.45) is 0 Å². The summed E-state index contributed by atoms with van der Waals surface area (Å²) < 4.78 is 15.9. The van der Waals surface area contributed by atoms with Gasteiger partial charge in [0.25, 0.3) is 5.91 Å². The zero-order valence-electron chi connectivity index (χ0n) is 15.7. The lowest BCUT2D eigenvalue weighted by atomic mass is 10.1. The first kappa shape index (κ1) is 20.0. The molecule has 0 saturated heterocycles. The molecule has 0 heterocycles. The molecule has 0 atom stereocenters. The van der Waals surface area contributed by atoms with Gasteiger partial charge in [-0.3, -0.25) is 4.79 Å². The highest BCUT2D eigenvalue weighted by molar-refractivity contribution is 6.03. The van der Waals surface area contributed by atoms with Crippen LogP contribution in [-0.2, 0) is 9.53 Å². The summed E-state index contributed by atoms with van der Waals surface area (Å²) in [6.07, 6.45) is 2.19. The summed E-state index contributed by atoms with van der Waals surface area (Å²) in [4.78, 5) is 24.9. The maximum atomic E-state index is 12.5. The standard InChI is InChI=1S/C21H23NO5/c1-4-13-27-21(24)17(22-20(23)15-9-6-5-7-10-15)14-16-11-8-12-18(25-2)19(16)26-3/h5-12,14H,4,13H2,1-3H3,(H,22,23)/b17-14-. The highest BCUT2D eigenvalue weighted by Gasteiger charge is 2.17. The Morgan fingerprint density at radius 2 is 1.74 bits per heavy atom. The third kappa shape index (κ3) is 5.34. The van der Waals surface area contributed by atoms with Crippen LogP contribution in [0, 0.1) is 0 Å². The second kappa shape index (κ2) is 10.0. The van der Waals surface area contributed by atoms with Crippen molar-refractivity contribution >= 4 is 18.0 Å². The summed E-state index contributed by atoms with van der Waals surface area (Å²) in [5.74, 6) is -0.0557. The lowest BCUT2D eigenvalue weighted by molar-refractivity contribution is -0.139. The third-order valence-electron chi connectivity index (χ3n) is 3.67.